The molecule has 0 spiro atoms. The zero-order valence-corrected chi connectivity index (χ0v) is 9.17. The van der Waals surface area contributed by atoms with Gasteiger partial charge in [0.05, 0.1) is 12.8 Å². The number of carbonyl (C=O) groups is 1. The molecular formula is C11H10FN3O3. The summed E-state index contributed by atoms with van der Waals surface area (Å²) in [6.45, 7) is -0.180. The summed E-state index contributed by atoms with van der Waals surface area (Å²) in [5, 5.41) is 23.3. The van der Waals surface area contributed by atoms with Crippen LogP contribution in [0.3, 0.4) is 0 Å². The number of nitrogens with zero attached hydrogens (tertiary/aromatic N) is 2. The van der Waals surface area contributed by atoms with Crippen LogP contribution in [0.15, 0.2) is 30.6 Å². The van der Waals surface area contributed by atoms with Crippen LogP contribution in [0.25, 0.3) is 5.69 Å². The van der Waals surface area contributed by atoms with Gasteiger partial charge in [0.1, 0.15) is 5.69 Å². The van der Waals surface area contributed by atoms with Crippen LogP contribution in [0, 0.1) is 5.82 Å². The van der Waals surface area contributed by atoms with Crippen LogP contribution in [-0.4, -0.2) is 26.1 Å². The van der Waals surface area contributed by atoms with E-state index in [0.29, 0.717) is 5.56 Å². The van der Waals surface area contributed by atoms with Crippen molar-refractivity contribution in [1.29, 1.82) is 0 Å². The average molecular weight is 251 g/mol. The quantitative estimate of drug-likeness (QED) is 0.773. The van der Waals surface area contributed by atoms with Crippen LogP contribution in [0.1, 0.15) is 5.56 Å². The predicted octanol–water partition coefficient (Wildman–Crippen LogP) is 1.59. The minimum atomic E-state index is -1.26. The second kappa shape index (κ2) is 4.84. The summed E-state index contributed by atoms with van der Waals surface area (Å²) in [5.74, 6) is -0.617. The molecule has 0 atom stereocenters. The van der Waals surface area contributed by atoms with Crippen LogP contribution in [-0.2, 0) is 6.61 Å². The molecule has 3 N–H and O–H groups in total. The van der Waals surface area contributed by atoms with Gasteiger partial charge in [0.2, 0.25) is 0 Å². The molecule has 94 valence electrons. The van der Waals surface area contributed by atoms with Crippen molar-refractivity contribution in [3.63, 3.8) is 0 Å². The lowest BCUT2D eigenvalue weighted by Crippen LogP contribution is -2.08. The Balaban J connectivity index is 2.32. The van der Waals surface area contributed by atoms with Crippen molar-refractivity contribution >= 4 is 11.8 Å². The van der Waals surface area contributed by atoms with Gasteiger partial charge in [-0.3, -0.25) is 5.32 Å². The first kappa shape index (κ1) is 12.1. The molecule has 2 aromatic rings. The van der Waals surface area contributed by atoms with Gasteiger partial charge in [-0.15, -0.1) is 0 Å². The highest BCUT2D eigenvalue weighted by atomic mass is 19.1. The van der Waals surface area contributed by atoms with Crippen LogP contribution < -0.4 is 5.32 Å². The van der Waals surface area contributed by atoms with Crippen molar-refractivity contribution in [1.82, 2.24) is 9.78 Å². The molecule has 0 aliphatic rings. The minimum Gasteiger partial charge on any atom is -0.465 e. The number of carboxylic acid groups (broad SMARTS) is 1. The SMILES string of the molecule is O=C(O)Nc1ccc(-n2cc(CO)cn2)c(F)c1. The molecule has 7 heteroatoms. The lowest BCUT2D eigenvalue weighted by atomic mass is 10.2. The monoisotopic (exact) mass is 251 g/mol. The molecule has 18 heavy (non-hydrogen) atoms. The molecule has 0 aliphatic heterocycles. The van der Waals surface area contributed by atoms with Gasteiger partial charge in [-0.2, -0.15) is 5.10 Å². The maximum absolute atomic E-state index is 13.7. The standard InChI is InChI=1S/C11H10FN3O3/c12-9-3-8(14-11(17)18)1-2-10(9)15-5-7(6-16)4-13-15/h1-5,14,16H,6H2,(H,17,18). The number of aromatic nitrogens is 2. The summed E-state index contributed by atoms with van der Waals surface area (Å²) >= 11 is 0. The molecule has 0 bridgehead atoms. The van der Waals surface area contributed by atoms with Gasteiger partial charge < -0.3 is 10.2 Å². The summed E-state index contributed by atoms with van der Waals surface area (Å²) in [7, 11) is 0. The van der Waals surface area contributed by atoms with E-state index in [-0.39, 0.29) is 18.0 Å². The third-order valence-electron chi connectivity index (χ3n) is 2.26. The van der Waals surface area contributed by atoms with Gasteiger partial charge in [-0.05, 0) is 18.2 Å². The van der Waals surface area contributed by atoms with E-state index in [1.807, 2.05) is 5.32 Å². The maximum atomic E-state index is 13.7. The number of rotatable bonds is 3. The largest absolute Gasteiger partial charge is 0.465 e. The highest BCUT2D eigenvalue weighted by molar-refractivity contribution is 5.82. The van der Waals surface area contributed by atoms with Gasteiger partial charge in [0.25, 0.3) is 0 Å². The molecule has 0 fully saturated rings. The number of aliphatic hydroxyl groups is 1. The number of halogens is 1. The number of nitrogens with one attached hydrogen (secondary N) is 1. The third kappa shape index (κ3) is 2.46. The molecule has 0 radical (unpaired) electrons. The maximum Gasteiger partial charge on any atom is 0.409 e. The average Bonchev–Trinajstić information content (AvgIpc) is 2.76. The number of hydrogen-bond donors (Lipinski definition) is 3. The first-order chi connectivity index (χ1) is 8.60. The molecule has 1 heterocycles. The van der Waals surface area contributed by atoms with Gasteiger partial charge in [0, 0.05) is 17.4 Å². The van der Waals surface area contributed by atoms with Crippen LogP contribution in [0.4, 0.5) is 14.9 Å². The lowest BCUT2D eigenvalue weighted by Gasteiger charge is -2.05. The smallest absolute Gasteiger partial charge is 0.409 e. The first-order valence-corrected chi connectivity index (χ1v) is 5.04. The Morgan fingerprint density at radius 3 is 2.83 bits per heavy atom. The van der Waals surface area contributed by atoms with Crippen molar-refractivity contribution in [2.24, 2.45) is 0 Å². The summed E-state index contributed by atoms with van der Waals surface area (Å²) in [6, 6.07) is 3.88. The van der Waals surface area contributed by atoms with Gasteiger partial charge in [-0.1, -0.05) is 0 Å². The minimum absolute atomic E-state index is 0.137. The number of benzene rings is 1. The number of amides is 1. The lowest BCUT2D eigenvalue weighted by molar-refractivity contribution is 0.209. The van der Waals surface area contributed by atoms with E-state index in [9.17, 15) is 9.18 Å². The van der Waals surface area contributed by atoms with Crippen molar-refractivity contribution in [2.75, 3.05) is 5.32 Å². The zero-order chi connectivity index (χ0) is 13.1. The third-order valence-corrected chi connectivity index (χ3v) is 2.26. The fraction of sp³-hybridized carbons (Fsp3) is 0.0909. The molecule has 1 aromatic heterocycles. The molecule has 0 saturated carbocycles. The summed E-state index contributed by atoms with van der Waals surface area (Å²) in [4.78, 5) is 10.4. The number of aliphatic hydroxyl groups excluding tert-OH is 1. The molecule has 0 aliphatic carbocycles. The predicted molar refractivity (Wildman–Crippen MR) is 61.1 cm³/mol. The molecule has 2 rings (SSSR count). The van der Waals surface area contributed by atoms with E-state index in [2.05, 4.69) is 5.10 Å². The van der Waals surface area contributed by atoms with E-state index < -0.39 is 11.9 Å². The Morgan fingerprint density at radius 2 is 2.28 bits per heavy atom. The highest BCUT2D eigenvalue weighted by Gasteiger charge is 2.08. The van der Waals surface area contributed by atoms with E-state index in [1.54, 1.807) is 0 Å². The van der Waals surface area contributed by atoms with Gasteiger partial charge in [-0.25, -0.2) is 13.9 Å². The van der Waals surface area contributed by atoms with Crippen molar-refractivity contribution in [2.45, 2.75) is 6.61 Å². The summed E-state index contributed by atoms with van der Waals surface area (Å²) in [5.41, 5.74) is 0.867. The normalized spacial score (nSPS) is 10.3. The fourth-order valence-electron chi connectivity index (χ4n) is 1.47. The van der Waals surface area contributed by atoms with Crippen LogP contribution >= 0.6 is 0 Å². The van der Waals surface area contributed by atoms with Crippen molar-refractivity contribution in [3.05, 3.63) is 42.0 Å². The Morgan fingerprint density at radius 1 is 1.50 bits per heavy atom. The molecule has 1 amide bonds. The summed E-state index contributed by atoms with van der Waals surface area (Å²) < 4.78 is 15.0. The van der Waals surface area contributed by atoms with Crippen LogP contribution in [0.2, 0.25) is 0 Å². The number of anilines is 1. The molecule has 1 aromatic carbocycles. The molecule has 6 nitrogen and oxygen atoms in total. The van der Waals surface area contributed by atoms with Crippen LogP contribution in [0.5, 0.6) is 0 Å². The van der Waals surface area contributed by atoms with Crippen molar-refractivity contribution < 1.29 is 19.4 Å². The van der Waals surface area contributed by atoms with E-state index in [0.717, 1.165) is 6.07 Å². The Hall–Kier alpha value is -2.41. The Kier molecular flexibility index (Phi) is 3.24. The Bertz CT molecular complexity index is 583. The first-order valence-electron chi connectivity index (χ1n) is 5.04. The topological polar surface area (TPSA) is 87.4 Å². The zero-order valence-electron chi connectivity index (χ0n) is 9.17. The number of hydrogen-bond acceptors (Lipinski definition) is 3. The highest BCUT2D eigenvalue weighted by Crippen LogP contribution is 2.18. The van der Waals surface area contributed by atoms with E-state index >= 15 is 0 Å². The summed E-state index contributed by atoms with van der Waals surface area (Å²) in [6.07, 6.45) is 1.65. The molecule has 0 saturated heterocycles. The second-order valence-electron chi connectivity index (χ2n) is 3.55. The van der Waals surface area contributed by atoms with E-state index in [1.165, 1.54) is 29.2 Å². The fourth-order valence-corrected chi connectivity index (χ4v) is 1.47. The Labute approximate surface area is 101 Å². The molecular weight excluding hydrogens is 241 g/mol. The molecule has 0 unspecified atom stereocenters. The van der Waals surface area contributed by atoms with Crippen molar-refractivity contribution in [3.8, 4) is 5.69 Å². The second-order valence-corrected chi connectivity index (χ2v) is 3.55. The van der Waals surface area contributed by atoms with E-state index in [4.69, 9.17) is 10.2 Å². The van der Waals surface area contributed by atoms with Gasteiger partial charge >= 0.3 is 6.09 Å². The van der Waals surface area contributed by atoms with Gasteiger partial charge in [0.15, 0.2) is 5.82 Å².